The maximum atomic E-state index is 12.9. The van der Waals surface area contributed by atoms with Gasteiger partial charge >= 0.3 is 0 Å². The summed E-state index contributed by atoms with van der Waals surface area (Å²) >= 11 is 0. The number of nitrogens with zero attached hydrogens (tertiary/aromatic N) is 3. The van der Waals surface area contributed by atoms with Crippen molar-refractivity contribution in [3.05, 3.63) is 24.0 Å². The summed E-state index contributed by atoms with van der Waals surface area (Å²) in [4.78, 5) is 21.4. The molecule has 1 aromatic heterocycles. The topological polar surface area (TPSA) is 54.9 Å². The first-order valence-electron chi connectivity index (χ1n) is 9.45. The number of carbonyl (C=O) groups excluding carboxylic acids is 1. The van der Waals surface area contributed by atoms with Gasteiger partial charge in [0, 0.05) is 50.9 Å². The normalized spacial score (nSPS) is 19.4. The number of likely N-dealkylation sites (tertiary alicyclic amines) is 1. The van der Waals surface area contributed by atoms with E-state index in [1.165, 1.54) is 0 Å². The number of rotatable bonds is 6. The fourth-order valence-corrected chi connectivity index (χ4v) is 3.64. The minimum Gasteiger partial charge on any atom is -0.371 e. The van der Waals surface area contributed by atoms with Gasteiger partial charge in [-0.3, -0.25) is 9.78 Å². The van der Waals surface area contributed by atoms with Crippen molar-refractivity contribution < 1.29 is 14.3 Å². The molecule has 1 spiro atoms. The molecule has 0 aromatic carbocycles. The fraction of sp³-hybridized carbons (Fsp3) is 0.684. The van der Waals surface area contributed by atoms with Crippen LogP contribution >= 0.6 is 0 Å². The van der Waals surface area contributed by atoms with Gasteiger partial charge in [-0.15, -0.1) is 0 Å². The van der Waals surface area contributed by atoms with Crippen LogP contribution < -0.4 is 4.90 Å². The Kier molecular flexibility index (Phi) is 5.91. The Bertz CT molecular complexity index is 571. The molecular weight excluding hydrogens is 318 g/mol. The van der Waals surface area contributed by atoms with Crippen molar-refractivity contribution >= 4 is 11.6 Å². The Morgan fingerprint density at radius 2 is 1.84 bits per heavy atom. The van der Waals surface area contributed by atoms with E-state index in [-0.39, 0.29) is 5.91 Å². The molecule has 2 saturated heterocycles. The van der Waals surface area contributed by atoms with Crippen LogP contribution in [-0.2, 0) is 9.47 Å². The second-order valence-electron chi connectivity index (χ2n) is 6.79. The zero-order valence-electron chi connectivity index (χ0n) is 15.4. The molecule has 2 aliphatic heterocycles. The van der Waals surface area contributed by atoms with Gasteiger partial charge in [0.1, 0.15) is 5.69 Å². The average Bonchev–Trinajstić information content (AvgIpc) is 3.10. The van der Waals surface area contributed by atoms with Crippen LogP contribution in [0.4, 0.5) is 5.69 Å². The summed E-state index contributed by atoms with van der Waals surface area (Å²) in [5.41, 5.74) is 1.61. The van der Waals surface area contributed by atoms with Crippen LogP contribution in [0.3, 0.4) is 0 Å². The highest BCUT2D eigenvalue weighted by molar-refractivity contribution is 5.93. The minimum atomic E-state index is -0.453. The lowest BCUT2D eigenvalue weighted by atomic mass is 10.0. The van der Waals surface area contributed by atoms with E-state index in [1.807, 2.05) is 17.0 Å². The molecule has 0 aliphatic carbocycles. The third kappa shape index (κ3) is 4.12. The van der Waals surface area contributed by atoms with Crippen molar-refractivity contribution in [3.8, 4) is 0 Å². The number of pyridine rings is 1. The number of carbonyl (C=O) groups is 1. The van der Waals surface area contributed by atoms with Crippen molar-refractivity contribution in [2.24, 2.45) is 0 Å². The van der Waals surface area contributed by atoms with Gasteiger partial charge in [0.05, 0.1) is 13.2 Å². The Balaban J connectivity index is 1.67. The number of anilines is 1. The Labute approximate surface area is 150 Å². The molecule has 138 valence electrons. The molecule has 1 amide bonds. The molecule has 2 fully saturated rings. The summed E-state index contributed by atoms with van der Waals surface area (Å²) in [5, 5.41) is 0. The molecule has 3 heterocycles. The first kappa shape index (κ1) is 18.1. The second kappa shape index (κ2) is 8.15. The summed E-state index contributed by atoms with van der Waals surface area (Å²) in [6.07, 6.45) is 5.38. The van der Waals surface area contributed by atoms with E-state index < -0.39 is 5.79 Å². The summed E-state index contributed by atoms with van der Waals surface area (Å²) < 4.78 is 11.5. The standard InChI is InChI=1S/C19H29N3O3/c1-3-9-21(10-4-2)16-5-8-20-17(15-16)18(23)22-11-6-19(7-12-22)24-13-14-25-19/h5,8,15H,3-4,6-7,9-14H2,1-2H3. The van der Waals surface area contributed by atoms with E-state index >= 15 is 0 Å². The van der Waals surface area contributed by atoms with Gasteiger partial charge in [-0.05, 0) is 25.0 Å². The molecule has 3 rings (SSSR count). The Hall–Kier alpha value is -1.66. The number of hydrogen-bond acceptors (Lipinski definition) is 5. The molecule has 0 radical (unpaired) electrons. The number of amides is 1. The van der Waals surface area contributed by atoms with Gasteiger partial charge in [-0.1, -0.05) is 13.8 Å². The van der Waals surface area contributed by atoms with Crippen LogP contribution in [0.15, 0.2) is 18.3 Å². The largest absolute Gasteiger partial charge is 0.371 e. The predicted octanol–water partition coefficient (Wildman–Crippen LogP) is 2.69. The van der Waals surface area contributed by atoms with Gasteiger partial charge in [-0.2, -0.15) is 0 Å². The molecule has 0 unspecified atom stereocenters. The van der Waals surface area contributed by atoms with E-state index in [0.717, 1.165) is 44.5 Å². The Morgan fingerprint density at radius 1 is 1.20 bits per heavy atom. The summed E-state index contributed by atoms with van der Waals surface area (Å²) in [5.74, 6) is -0.451. The second-order valence-corrected chi connectivity index (χ2v) is 6.79. The maximum Gasteiger partial charge on any atom is 0.272 e. The molecular formula is C19H29N3O3. The lowest BCUT2D eigenvalue weighted by Gasteiger charge is -2.37. The highest BCUT2D eigenvalue weighted by atomic mass is 16.7. The molecule has 0 atom stereocenters. The smallest absolute Gasteiger partial charge is 0.272 e. The molecule has 6 nitrogen and oxygen atoms in total. The molecule has 0 N–H and O–H groups in total. The maximum absolute atomic E-state index is 12.9. The quantitative estimate of drug-likeness (QED) is 0.792. The molecule has 6 heteroatoms. The average molecular weight is 347 g/mol. The summed E-state index contributed by atoms with van der Waals surface area (Å²) in [7, 11) is 0. The molecule has 0 saturated carbocycles. The lowest BCUT2D eigenvalue weighted by Crippen LogP contribution is -2.47. The zero-order valence-corrected chi connectivity index (χ0v) is 15.4. The lowest BCUT2D eigenvalue weighted by molar-refractivity contribution is -0.181. The molecule has 1 aromatic rings. The summed E-state index contributed by atoms with van der Waals surface area (Å²) in [6, 6.07) is 3.92. The Morgan fingerprint density at radius 3 is 2.44 bits per heavy atom. The fourth-order valence-electron chi connectivity index (χ4n) is 3.64. The third-order valence-electron chi connectivity index (χ3n) is 4.94. The SMILES string of the molecule is CCCN(CCC)c1ccnc(C(=O)N2CCC3(CC2)OCCO3)c1. The van der Waals surface area contributed by atoms with Crippen molar-refractivity contribution in [2.75, 3.05) is 44.3 Å². The van der Waals surface area contributed by atoms with E-state index in [1.54, 1.807) is 6.20 Å². The van der Waals surface area contributed by atoms with Crippen molar-refractivity contribution in [1.82, 2.24) is 9.88 Å². The first-order valence-corrected chi connectivity index (χ1v) is 9.45. The van der Waals surface area contributed by atoms with Gasteiger partial charge in [0.2, 0.25) is 0 Å². The first-order chi connectivity index (χ1) is 12.2. The zero-order chi connectivity index (χ0) is 17.7. The third-order valence-corrected chi connectivity index (χ3v) is 4.94. The van der Waals surface area contributed by atoms with Crippen LogP contribution in [0.2, 0.25) is 0 Å². The predicted molar refractivity (Wildman–Crippen MR) is 96.8 cm³/mol. The van der Waals surface area contributed by atoms with Gasteiger partial charge in [0.25, 0.3) is 5.91 Å². The van der Waals surface area contributed by atoms with Crippen LogP contribution in [0.1, 0.15) is 50.0 Å². The van der Waals surface area contributed by atoms with E-state index in [2.05, 4.69) is 23.7 Å². The molecule has 2 aliphatic rings. The highest BCUT2D eigenvalue weighted by Gasteiger charge is 2.41. The molecule has 25 heavy (non-hydrogen) atoms. The minimum absolute atomic E-state index is 0.00245. The van der Waals surface area contributed by atoms with Crippen LogP contribution in [-0.4, -0.2) is 61.0 Å². The number of ether oxygens (including phenoxy) is 2. The highest BCUT2D eigenvalue weighted by Crippen LogP contribution is 2.31. The van der Waals surface area contributed by atoms with E-state index in [0.29, 0.717) is 32.0 Å². The van der Waals surface area contributed by atoms with Crippen LogP contribution in [0.5, 0.6) is 0 Å². The van der Waals surface area contributed by atoms with Crippen LogP contribution in [0, 0.1) is 0 Å². The van der Waals surface area contributed by atoms with Crippen molar-refractivity contribution in [2.45, 2.75) is 45.3 Å². The monoisotopic (exact) mass is 347 g/mol. The number of piperidine rings is 1. The summed E-state index contributed by atoms with van der Waals surface area (Å²) in [6.45, 7) is 8.94. The van der Waals surface area contributed by atoms with Gasteiger partial charge < -0.3 is 19.3 Å². The van der Waals surface area contributed by atoms with E-state index in [9.17, 15) is 4.79 Å². The van der Waals surface area contributed by atoms with Gasteiger partial charge in [0.15, 0.2) is 5.79 Å². The molecule has 0 bridgehead atoms. The number of hydrogen-bond donors (Lipinski definition) is 0. The van der Waals surface area contributed by atoms with Crippen molar-refractivity contribution in [1.29, 1.82) is 0 Å². The number of aromatic nitrogens is 1. The van der Waals surface area contributed by atoms with E-state index in [4.69, 9.17) is 9.47 Å². The van der Waals surface area contributed by atoms with Crippen LogP contribution in [0.25, 0.3) is 0 Å². The van der Waals surface area contributed by atoms with Gasteiger partial charge in [-0.25, -0.2) is 0 Å². The van der Waals surface area contributed by atoms with Crippen molar-refractivity contribution in [3.63, 3.8) is 0 Å².